The molecular formula is C27H38N6O3. The molecule has 1 aliphatic rings. The third-order valence-corrected chi connectivity index (χ3v) is 6.57. The van der Waals surface area contributed by atoms with E-state index in [1.165, 1.54) is 0 Å². The van der Waals surface area contributed by atoms with Crippen LogP contribution in [-0.4, -0.2) is 106 Å². The van der Waals surface area contributed by atoms with Gasteiger partial charge in [-0.15, -0.1) is 0 Å². The highest BCUT2D eigenvalue weighted by Gasteiger charge is 2.18. The fraction of sp³-hybridized carbons (Fsp3) is 0.481. The molecule has 3 heterocycles. The quantitative estimate of drug-likeness (QED) is 0.391. The van der Waals surface area contributed by atoms with E-state index in [-0.39, 0.29) is 6.61 Å². The van der Waals surface area contributed by atoms with Crippen LogP contribution in [0.15, 0.2) is 36.5 Å². The van der Waals surface area contributed by atoms with Crippen LogP contribution in [0.2, 0.25) is 0 Å². The number of pyridine rings is 2. The first kappa shape index (κ1) is 25.9. The Balaban J connectivity index is 1.60. The predicted molar refractivity (Wildman–Crippen MR) is 145 cm³/mol. The topological polar surface area (TPSA) is 86.2 Å². The molecule has 1 fully saturated rings. The summed E-state index contributed by atoms with van der Waals surface area (Å²) >= 11 is 0. The number of nitrogens with one attached hydrogen (secondary N) is 1. The number of ether oxygens (including phenoxy) is 2. The minimum atomic E-state index is 0.205. The summed E-state index contributed by atoms with van der Waals surface area (Å²) in [5.74, 6) is 2.31. The normalized spacial score (nSPS) is 14.4. The molecule has 194 valence electrons. The molecule has 0 spiro atoms. The first-order chi connectivity index (χ1) is 17.5. The molecule has 9 nitrogen and oxygen atoms in total. The lowest BCUT2D eigenvalue weighted by atomic mass is 10.1. The smallest absolute Gasteiger partial charge is 0.162 e. The Morgan fingerprint density at radius 2 is 1.78 bits per heavy atom. The lowest BCUT2D eigenvalue weighted by Crippen LogP contribution is -2.47. The van der Waals surface area contributed by atoms with Crippen LogP contribution < -0.4 is 19.7 Å². The first-order valence-corrected chi connectivity index (χ1v) is 12.5. The molecule has 0 aliphatic carbocycles. The number of nitrogens with zero attached hydrogens (tertiary/aromatic N) is 5. The molecule has 1 aromatic carbocycles. The van der Waals surface area contributed by atoms with E-state index in [0.29, 0.717) is 11.5 Å². The number of rotatable bonds is 11. The molecule has 0 saturated carbocycles. The van der Waals surface area contributed by atoms with E-state index in [2.05, 4.69) is 52.3 Å². The van der Waals surface area contributed by atoms with Gasteiger partial charge in [0, 0.05) is 68.2 Å². The van der Waals surface area contributed by atoms with Crippen LogP contribution in [0.4, 0.5) is 11.5 Å². The number of hydrogen-bond acceptors (Lipinski definition) is 9. The summed E-state index contributed by atoms with van der Waals surface area (Å²) in [6, 6.07) is 10.2. The second-order valence-electron chi connectivity index (χ2n) is 9.32. The van der Waals surface area contributed by atoms with Gasteiger partial charge >= 0.3 is 0 Å². The van der Waals surface area contributed by atoms with Gasteiger partial charge in [-0.05, 0) is 51.3 Å². The molecule has 2 aromatic heterocycles. The summed E-state index contributed by atoms with van der Waals surface area (Å²) in [7, 11) is 7.46. The lowest BCUT2D eigenvalue weighted by Gasteiger charge is -2.35. The predicted octanol–water partition coefficient (Wildman–Crippen LogP) is 2.79. The third kappa shape index (κ3) is 6.16. The molecule has 1 saturated heterocycles. The Kier molecular flexibility index (Phi) is 8.79. The Bertz CT molecular complexity index is 1130. The molecule has 9 heteroatoms. The van der Waals surface area contributed by atoms with Crippen molar-refractivity contribution in [2.45, 2.75) is 6.42 Å². The van der Waals surface area contributed by atoms with Crippen LogP contribution in [0.5, 0.6) is 11.5 Å². The number of methoxy groups -OCH3 is 2. The second kappa shape index (κ2) is 12.2. The van der Waals surface area contributed by atoms with Crippen molar-refractivity contribution in [3.05, 3.63) is 36.5 Å². The molecular weight excluding hydrogens is 456 g/mol. The number of benzene rings is 1. The van der Waals surface area contributed by atoms with Crippen molar-refractivity contribution < 1.29 is 14.6 Å². The van der Waals surface area contributed by atoms with Gasteiger partial charge in [0.15, 0.2) is 11.5 Å². The van der Waals surface area contributed by atoms with Crippen molar-refractivity contribution in [2.24, 2.45) is 0 Å². The van der Waals surface area contributed by atoms with Gasteiger partial charge in [-0.3, -0.25) is 4.90 Å². The van der Waals surface area contributed by atoms with Crippen LogP contribution >= 0.6 is 0 Å². The highest BCUT2D eigenvalue weighted by atomic mass is 16.5. The first-order valence-electron chi connectivity index (χ1n) is 12.5. The summed E-state index contributed by atoms with van der Waals surface area (Å²) in [5.41, 5.74) is 3.67. The minimum absolute atomic E-state index is 0.205. The Labute approximate surface area is 213 Å². The SMILES string of the molecule is COc1cc2nc(-c3ccc(N4CCN(CCO)CC4)nc3)cc(NCCCN(C)C)c2cc1OC. The monoisotopic (exact) mass is 494 g/mol. The average molecular weight is 495 g/mol. The molecule has 4 rings (SSSR count). The fourth-order valence-corrected chi connectivity index (χ4v) is 4.53. The lowest BCUT2D eigenvalue weighted by molar-refractivity contribution is 0.188. The van der Waals surface area contributed by atoms with Crippen LogP contribution in [0.25, 0.3) is 22.2 Å². The van der Waals surface area contributed by atoms with Crippen molar-refractivity contribution in [1.82, 2.24) is 19.8 Å². The molecule has 2 N–H and O–H groups in total. The zero-order valence-electron chi connectivity index (χ0n) is 21.8. The Hall–Kier alpha value is -3.14. The number of aromatic nitrogens is 2. The maximum atomic E-state index is 9.17. The van der Waals surface area contributed by atoms with E-state index in [0.717, 1.165) is 85.9 Å². The zero-order chi connectivity index (χ0) is 25.5. The summed E-state index contributed by atoms with van der Waals surface area (Å²) in [4.78, 5) is 16.5. The molecule has 0 bridgehead atoms. The van der Waals surface area contributed by atoms with Gasteiger partial charge in [0.1, 0.15) is 5.82 Å². The maximum absolute atomic E-state index is 9.17. The van der Waals surface area contributed by atoms with Crippen LogP contribution in [0.1, 0.15) is 6.42 Å². The highest BCUT2D eigenvalue weighted by molar-refractivity contribution is 5.96. The van der Waals surface area contributed by atoms with Gasteiger partial charge in [0.2, 0.25) is 0 Å². The van der Waals surface area contributed by atoms with Crippen LogP contribution in [0, 0.1) is 0 Å². The van der Waals surface area contributed by atoms with E-state index in [1.807, 2.05) is 18.3 Å². The molecule has 0 amide bonds. The van der Waals surface area contributed by atoms with Gasteiger partial charge < -0.3 is 29.7 Å². The second-order valence-corrected chi connectivity index (χ2v) is 9.32. The average Bonchev–Trinajstić information content (AvgIpc) is 2.90. The van der Waals surface area contributed by atoms with Crippen LogP contribution in [0.3, 0.4) is 0 Å². The standard InChI is InChI=1S/C27H38N6O3/c1-31(2)9-5-8-28-23-17-22(30-24-18-26(36-4)25(35-3)16-21(23)24)20-6-7-27(29-19-20)33-12-10-32(11-13-33)14-15-34/h6-7,16-19,34H,5,8-15H2,1-4H3,(H,28,30). The molecule has 3 aromatic rings. The van der Waals surface area contributed by atoms with E-state index in [1.54, 1.807) is 14.2 Å². The Morgan fingerprint density at radius 3 is 2.42 bits per heavy atom. The van der Waals surface area contributed by atoms with Gasteiger partial charge in [0.25, 0.3) is 0 Å². The van der Waals surface area contributed by atoms with Gasteiger partial charge in [0.05, 0.1) is 32.0 Å². The van der Waals surface area contributed by atoms with E-state index >= 15 is 0 Å². The van der Waals surface area contributed by atoms with Gasteiger partial charge in [-0.1, -0.05) is 0 Å². The zero-order valence-corrected chi connectivity index (χ0v) is 21.8. The molecule has 1 aliphatic heterocycles. The summed E-state index contributed by atoms with van der Waals surface area (Å²) < 4.78 is 11.1. The van der Waals surface area contributed by atoms with Crippen molar-refractivity contribution >= 4 is 22.4 Å². The summed E-state index contributed by atoms with van der Waals surface area (Å²) in [6.07, 6.45) is 2.93. The number of hydrogen-bond donors (Lipinski definition) is 2. The van der Waals surface area contributed by atoms with E-state index in [4.69, 9.17) is 19.4 Å². The molecule has 36 heavy (non-hydrogen) atoms. The Morgan fingerprint density at radius 1 is 1.03 bits per heavy atom. The molecule has 0 unspecified atom stereocenters. The molecule has 0 radical (unpaired) electrons. The maximum Gasteiger partial charge on any atom is 0.162 e. The van der Waals surface area contributed by atoms with Crippen molar-refractivity contribution in [2.75, 3.05) is 91.0 Å². The van der Waals surface area contributed by atoms with Crippen molar-refractivity contribution in [3.63, 3.8) is 0 Å². The highest BCUT2D eigenvalue weighted by Crippen LogP contribution is 2.36. The van der Waals surface area contributed by atoms with E-state index < -0.39 is 0 Å². The number of aliphatic hydroxyl groups is 1. The number of aliphatic hydroxyl groups excluding tert-OH is 1. The molecule has 0 atom stereocenters. The minimum Gasteiger partial charge on any atom is -0.493 e. The van der Waals surface area contributed by atoms with Crippen molar-refractivity contribution in [3.8, 4) is 22.8 Å². The summed E-state index contributed by atoms with van der Waals surface area (Å²) in [6.45, 7) is 6.48. The van der Waals surface area contributed by atoms with Gasteiger partial charge in [-0.25, -0.2) is 9.97 Å². The largest absolute Gasteiger partial charge is 0.493 e. The van der Waals surface area contributed by atoms with Gasteiger partial charge in [-0.2, -0.15) is 0 Å². The fourth-order valence-electron chi connectivity index (χ4n) is 4.53. The number of piperazine rings is 1. The number of fused-ring (bicyclic) bond motifs is 1. The number of β-amino-alcohol motifs (C(OH)–C–C–N with tert-alkyl or cyclic N) is 1. The number of anilines is 2. The third-order valence-electron chi connectivity index (χ3n) is 6.57. The van der Waals surface area contributed by atoms with Crippen molar-refractivity contribution in [1.29, 1.82) is 0 Å². The van der Waals surface area contributed by atoms with Crippen LogP contribution in [-0.2, 0) is 0 Å². The van der Waals surface area contributed by atoms with E-state index in [9.17, 15) is 5.11 Å². The summed E-state index contributed by atoms with van der Waals surface area (Å²) in [5, 5.41) is 13.8.